The highest BCUT2D eigenvalue weighted by atomic mass is 16.5. The van der Waals surface area contributed by atoms with Gasteiger partial charge in [-0.25, -0.2) is 0 Å². The number of ether oxygens (including phenoxy) is 1. The van der Waals surface area contributed by atoms with Crippen LogP contribution in [0.15, 0.2) is 48.5 Å². The number of hydrogen-bond donors (Lipinski definition) is 2. The van der Waals surface area contributed by atoms with Gasteiger partial charge in [0, 0.05) is 18.5 Å². The Balaban J connectivity index is 2.03. The van der Waals surface area contributed by atoms with E-state index in [1.165, 1.54) is 18.7 Å². The van der Waals surface area contributed by atoms with E-state index in [0.717, 1.165) is 6.42 Å². The molecule has 4 heteroatoms. The normalized spacial score (nSPS) is 11.7. The second kappa shape index (κ2) is 7.50. The zero-order valence-electron chi connectivity index (χ0n) is 12.9. The van der Waals surface area contributed by atoms with E-state index >= 15 is 0 Å². The van der Waals surface area contributed by atoms with Gasteiger partial charge in [0.25, 0.3) is 5.91 Å². The van der Waals surface area contributed by atoms with Gasteiger partial charge < -0.3 is 15.2 Å². The second-order valence-corrected chi connectivity index (χ2v) is 5.11. The Morgan fingerprint density at radius 1 is 1.23 bits per heavy atom. The third-order valence-electron chi connectivity index (χ3n) is 3.72. The minimum Gasteiger partial charge on any atom is -0.507 e. The molecule has 2 aromatic rings. The molecule has 0 radical (unpaired) electrons. The molecule has 0 bridgehead atoms. The Kier molecular flexibility index (Phi) is 5.42. The fraction of sp³-hybridized carbons (Fsp3) is 0.278. The lowest BCUT2D eigenvalue weighted by molar-refractivity contribution is 0.0948. The van der Waals surface area contributed by atoms with Crippen molar-refractivity contribution in [2.75, 3.05) is 13.7 Å². The first-order valence-corrected chi connectivity index (χ1v) is 7.35. The molecule has 116 valence electrons. The zero-order chi connectivity index (χ0) is 15.9. The van der Waals surface area contributed by atoms with E-state index in [1.54, 1.807) is 12.1 Å². The van der Waals surface area contributed by atoms with Crippen LogP contribution in [-0.4, -0.2) is 24.7 Å². The van der Waals surface area contributed by atoms with Crippen molar-refractivity contribution in [3.63, 3.8) is 0 Å². The smallest absolute Gasteiger partial charge is 0.255 e. The Hall–Kier alpha value is -2.49. The van der Waals surface area contributed by atoms with Gasteiger partial charge in [-0.15, -0.1) is 0 Å². The largest absolute Gasteiger partial charge is 0.507 e. The van der Waals surface area contributed by atoms with Crippen LogP contribution in [-0.2, 0) is 0 Å². The quantitative estimate of drug-likeness (QED) is 0.860. The predicted molar refractivity (Wildman–Crippen MR) is 86.5 cm³/mol. The second-order valence-electron chi connectivity index (χ2n) is 5.11. The lowest BCUT2D eigenvalue weighted by Crippen LogP contribution is -2.28. The molecule has 0 fully saturated rings. The summed E-state index contributed by atoms with van der Waals surface area (Å²) in [6.07, 6.45) is 0.929. The van der Waals surface area contributed by atoms with Crippen LogP contribution in [0.2, 0.25) is 0 Å². The Labute approximate surface area is 130 Å². The number of benzene rings is 2. The summed E-state index contributed by atoms with van der Waals surface area (Å²) >= 11 is 0. The molecular weight excluding hydrogens is 278 g/mol. The molecule has 0 aliphatic rings. The van der Waals surface area contributed by atoms with E-state index in [4.69, 9.17) is 4.74 Å². The molecular formula is C18H21NO3. The van der Waals surface area contributed by atoms with Gasteiger partial charge in [-0.1, -0.05) is 37.3 Å². The van der Waals surface area contributed by atoms with Gasteiger partial charge in [0.15, 0.2) is 0 Å². The summed E-state index contributed by atoms with van der Waals surface area (Å²) in [5.74, 6) is 0.412. The number of aromatic hydroxyl groups is 1. The van der Waals surface area contributed by atoms with Crippen LogP contribution in [0.3, 0.4) is 0 Å². The number of carbonyl (C=O) groups excluding carboxylic acids is 1. The summed E-state index contributed by atoms with van der Waals surface area (Å²) in [7, 11) is 1.51. The van der Waals surface area contributed by atoms with E-state index in [0.29, 0.717) is 12.3 Å². The van der Waals surface area contributed by atoms with Crippen molar-refractivity contribution in [2.24, 2.45) is 0 Å². The van der Waals surface area contributed by atoms with Gasteiger partial charge in [-0.2, -0.15) is 0 Å². The summed E-state index contributed by atoms with van der Waals surface area (Å²) in [4.78, 5) is 12.2. The molecule has 0 unspecified atom stereocenters. The van der Waals surface area contributed by atoms with E-state index in [-0.39, 0.29) is 23.1 Å². The van der Waals surface area contributed by atoms with E-state index in [2.05, 4.69) is 24.4 Å². The molecule has 0 spiro atoms. The Bertz CT molecular complexity index is 625. The Morgan fingerprint density at radius 3 is 2.55 bits per heavy atom. The van der Waals surface area contributed by atoms with Crippen molar-refractivity contribution in [3.8, 4) is 11.5 Å². The van der Waals surface area contributed by atoms with Gasteiger partial charge in [-0.3, -0.25) is 4.79 Å². The van der Waals surface area contributed by atoms with Crippen LogP contribution in [0.1, 0.15) is 35.2 Å². The molecule has 0 saturated carbocycles. The fourth-order valence-corrected chi connectivity index (χ4v) is 2.36. The van der Waals surface area contributed by atoms with E-state index in [1.807, 2.05) is 18.2 Å². The molecule has 2 N–H and O–H groups in total. The first-order chi connectivity index (χ1) is 10.7. The fourth-order valence-electron chi connectivity index (χ4n) is 2.36. The molecule has 22 heavy (non-hydrogen) atoms. The molecule has 2 aromatic carbocycles. The number of nitrogens with one attached hydrogen (secondary N) is 1. The maximum atomic E-state index is 12.2. The SMILES string of the molecule is CC[C@@H](CNC(=O)c1ccc(OC)cc1O)c1ccccc1. The van der Waals surface area contributed by atoms with Crippen molar-refractivity contribution >= 4 is 5.91 Å². The molecule has 0 heterocycles. The third kappa shape index (κ3) is 3.79. The summed E-state index contributed by atoms with van der Waals surface area (Å²) in [6, 6.07) is 14.7. The molecule has 0 aliphatic carbocycles. The number of carbonyl (C=O) groups is 1. The third-order valence-corrected chi connectivity index (χ3v) is 3.72. The number of amides is 1. The number of rotatable bonds is 6. The lowest BCUT2D eigenvalue weighted by Gasteiger charge is -2.16. The number of hydrogen-bond acceptors (Lipinski definition) is 3. The van der Waals surface area contributed by atoms with Crippen LogP contribution in [0.4, 0.5) is 0 Å². The summed E-state index contributed by atoms with van der Waals surface area (Å²) in [5, 5.41) is 12.8. The Morgan fingerprint density at radius 2 is 1.95 bits per heavy atom. The van der Waals surface area contributed by atoms with Crippen molar-refractivity contribution in [3.05, 3.63) is 59.7 Å². The summed E-state index contributed by atoms with van der Waals surface area (Å²) in [6.45, 7) is 2.62. The maximum absolute atomic E-state index is 12.2. The van der Waals surface area contributed by atoms with Gasteiger partial charge in [-0.05, 0) is 24.1 Å². The van der Waals surface area contributed by atoms with Crippen molar-refractivity contribution in [2.45, 2.75) is 19.3 Å². The monoisotopic (exact) mass is 299 g/mol. The van der Waals surface area contributed by atoms with Crippen molar-refractivity contribution < 1.29 is 14.6 Å². The molecule has 1 amide bonds. The predicted octanol–water partition coefficient (Wildman–Crippen LogP) is 3.32. The van der Waals surface area contributed by atoms with Crippen LogP contribution >= 0.6 is 0 Å². The van der Waals surface area contributed by atoms with Crippen LogP contribution in [0.5, 0.6) is 11.5 Å². The van der Waals surface area contributed by atoms with Crippen LogP contribution < -0.4 is 10.1 Å². The first-order valence-electron chi connectivity index (χ1n) is 7.35. The topological polar surface area (TPSA) is 58.6 Å². The van der Waals surface area contributed by atoms with E-state index in [9.17, 15) is 9.90 Å². The standard InChI is InChI=1S/C18H21NO3/c1-3-13(14-7-5-4-6-8-14)12-19-18(21)16-10-9-15(22-2)11-17(16)20/h4-11,13,20H,3,12H2,1-2H3,(H,19,21)/t13-/m0/s1. The number of methoxy groups -OCH3 is 1. The summed E-state index contributed by atoms with van der Waals surface area (Å²) < 4.78 is 5.01. The highest BCUT2D eigenvalue weighted by Crippen LogP contribution is 2.24. The van der Waals surface area contributed by atoms with E-state index < -0.39 is 0 Å². The van der Waals surface area contributed by atoms with Crippen molar-refractivity contribution in [1.29, 1.82) is 0 Å². The molecule has 2 rings (SSSR count). The highest BCUT2D eigenvalue weighted by molar-refractivity contribution is 5.97. The lowest BCUT2D eigenvalue weighted by atomic mass is 9.96. The van der Waals surface area contributed by atoms with Gasteiger partial charge in [0.1, 0.15) is 11.5 Å². The molecule has 0 aliphatic heterocycles. The minimum absolute atomic E-state index is 0.0791. The van der Waals surface area contributed by atoms with Gasteiger partial charge in [0.05, 0.1) is 12.7 Å². The average Bonchev–Trinajstić information content (AvgIpc) is 2.56. The zero-order valence-corrected chi connectivity index (χ0v) is 12.9. The molecule has 4 nitrogen and oxygen atoms in total. The molecule has 1 atom stereocenters. The van der Waals surface area contributed by atoms with Gasteiger partial charge >= 0.3 is 0 Å². The number of phenols is 1. The first kappa shape index (κ1) is 15.9. The minimum atomic E-state index is -0.283. The molecule has 0 saturated heterocycles. The van der Waals surface area contributed by atoms with Crippen LogP contribution in [0, 0.1) is 0 Å². The summed E-state index contributed by atoms with van der Waals surface area (Å²) in [5.41, 5.74) is 1.45. The highest BCUT2D eigenvalue weighted by Gasteiger charge is 2.15. The van der Waals surface area contributed by atoms with Crippen molar-refractivity contribution in [1.82, 2.24) is 5.32 Å². The van der Waals surface area contributed by atoms with Crippen LogP contribution in [0.25, 0.3) is 0 Å². The average molecular weight is 299 g/mol. The molecule has 0 aromatic heterocycles. The maximum Gasteiger partial charge on any atom is 0.255 e. The number of phenolic OH excluding ortho intramolecular Hbond substituents is 1. The van der Waals surface area contributed by atoms with Gasteiger partial charge in [0.2, 0.25) is 0 Å².